The minimum Gasteiger partial charge on any atom is -0.281 e. The number of nitrogens with one attached hydrogen (secondary N) is 1. The minimum atomic E-state index is 0.0983. The van der Waals surface area contributed by atoms with Crippen molar-refractivity contribution in [3.63, 3.8) is 0 Å². The van der Waals surface area contributed by atoms with E-state index in [9.17, 15) is 0 Å². The lowest BCUT2D eigenvalue weighted by Gasteiger charge is -2.16. The highest BCUT2D eigenvalue weighted by atomic mass is 15.1. The summed E-state index contributed by atoms with van der Waals surface area (Å²) in [7, 11) is 0. The molecule has 2 aromatic heterocycles. The fraction of sp³-hybridized carbons (Fsp3) is 0.500. The summed E-state index contributed by atoms with van der Waals surface area (Å²) in [5.41, 5.74) is 3.37. The number of pyridine rings is 1. The highest BCUT2D eigenvalue weighted by Gasteiger charge is 2.20. The average Bonchev–Trinajstić information content (AvgIpc) is 2.59. The second-order valence-electron chi connectivity index (χ2n) is 4.86. The maximum Gasteiger partial charge on any atom is 0.114 e. The van der Waals surface area contributed by atoms with Crippen LogP contribution in [0.25, 0.3) is 10.9 Å². The van der Waals surface area contributed by atoms with Crippen molar-refractivity contribution in [2.24, 2.45) is 0 Å². The van der Waals surface area contributed by atoms with Crippen molar-refractivity contribution < 1.29 is 0 Å². The monoisotopic (exact) mass is 203 g/mol. The van der Waals surface area contributed by atoms with E-state index in [0.29, 0.717) is 0 Å². The molecular formula is C12H17N3. The van der Waals surface area contributed by atoms with Crippen molar-refractivity contribution >= 4 is 10.9 Å². The minimum absolute atomic E-state index is 0.0983. The van der Waals surface area contributed by atoms with Gasteiger partial charge in [-0.3, -0.25) is 10.1 Å². The molecule has 0 saturated carbocycles. The van der Waals surface area contributed by atoms with Crippen molar-refractivity contribution in [3.8, 4) is 0 Å². The number of nitrogens with zero attached hydrogens (tertiary/aromatic N) is 2. The van der Waals surface area contributed by atoms with Gasteiger partial charge in [-0.25, -0.2) is 0 Å². The number of aromatic amines is 1. The Balaban J connectivity index is 2.72. The second kappa shape index (κ2) is 3.33. The topological polar surface area (TPSA) is 41.6 Å². The maximum atomic E-state index is 4.37. The molecule has 0 radical (unpaired) electrons. The van der Waals surface area contributed by atoms with E-state index in [4.69, 9.17) is 0 Å². The van der Waals surface area contributed by atoms with E-state index >= 15 is 0 Å². The van der Waals surface area contributed by atoms with Gasteiger partial charge < -0.3 is 0 Å². The van der Waals surface area contributed by atoms with Crippen LogP contribution < -0.4 is 0 Å². The standard InChI is InChI=1S/C12H17N3/c1-5-9-10-8(6-7-13-9)11(15-14-10)12(2,3)4/h6-7H,5H2,1-4H3,(H,14,15). The fourth-order valence-electron chi connectivity index (χ4n) is 1.83. The molecule has 2 aromatic rings. The summed E-state index contributed by atoms with van der Waals surface area (Å²) >= 11 is 0. The molecule has 0 aliphatic carbocycles. The number of rotatable bonds is 1. The van der Waals surface area contributed by atoms with Gasteiger partial charge in [-0.2, -0.15) is 5.10 Å². The molecule has 0 fully saturated rings. The number of hydrogen-bond donors (Lipinski definition) is 1. The van der Waals surface area contributed by atoms with E-state index in [1.54, 1.807) is 0 Å². The summed E-state index contributed by atoms with van der Waals surface area (Å²) in [6.45, 7) is 8.66. The Morgan fingerprint density at radius 1 is 1.33 bits per heavy atom. The zero-order chi connectivity index (χ0) is 11.1. The molecule has 0 spiro atoms. The Bertz CT molecular complexity index is 477. The Kier molecular flexibility index (Phi) is 2.25. The van der Waals surface area contributed by atoms with Crippen molar-refractivity contribution in [3.05, 3.63) is 23.7 Å². The van der Waals surface area contributed by atoms with Crippen molar-refractivity contribution in [1.82, 2.24) is 15.2 Å². The van der Waals surface area contributed by atoms with E-state index in [1.807, 2.05) is 12.3 Å². The molecule has 15 heavy (non-hydrogen) atoms. The van der Waals surface area contributed by atoms with E-state index in [0.717, 1.165) is 17.6 Å². The first kappa shape index (κ1) is 10.1. The first-order valence-corrected chi connectivity index (χ1v) is 5.36. The van der Waals surface area contributed by atoms with Crippen LogP contribution in [0.2, 0.25) is 0 Å². The highest BCUT2D eigenvalue weighted by molar-refractivity contribution is 5.83. The largest absolute Gasteiger partial charge is 0.281 e. The van der Waals surface area contributed by atoms with Gasteiger partial charge in [-0.1, -0.05) is 27.7 Å². The third-order valence-corrected chi connectivity index (χ3v) is 2.63. The zero-order valence-electron chi connectivity index (χ0n) is 9.76. The summed E-state index contributed by atoms with van der Waals surface area (Å²) in [5.74, 6) is 0. The van der Waals surface area contributed by atoms with E-state index in [1.165, 1.54) is 11.1 Å². The van der Waals surface area contributed by atoms with Gasteiger partial charge in [0, 0.05) is 22.7 Å². The number of aromatic nitrogens is 3. The summed E-state index contributed by atoms with van der Waals surface area (Å²) in [6.07, 6.45) is 2.79. The van der Waals surface area contributed by atoms with Gasteiger partial charge in [-0.15, -0.1) is 0 Å². The molecular weight excluding hydrogens is 186 g/mol. The molecule has 3 heteroatoms. The molecule has 3 nitrogen and oxygen atoms in total. The SMILES string of the molecule is CCc1nccc2c(C(C)(C)C)[nH]nc12. The fourth-order valence-corrected chi connectivity index (χ4v) is 1.83. The smallest absolute Gasteiger partial charge is 0.114 e. The number of H-pyrrole nitrogens is 1. The van der Waals surface area contributed by atoms with Crippen LogP contribution in [0.3, 0.4) is 0 Å². The molecule has 0 aliphatic rings. The second-order valence-corrected chi connectivity index (χ2v) is 4.86. The first-order chi connectivity index (χ1) is 7.04. The number of fused-ring (bicyclic) bond motifs is 1. The van der Waals surface area contributed by atoms with Crippen molar-refractivity contribution in [2.75, 3.05) is 0 Å². The van der Waals surface area contributed by atoms with Gasteiger partial charge in [0.25, 0.3) is 0 Å². The lowest BCUT2D eigenvalue weighted by Crippen LogP contribution is -2.12. The molecule has 0 atom stereocenters. The van der Waals surface area contributed by atoms with Crippen LogP contribution in [0.15, 0.2) is 12.3 Å². The van der Waals surface area contributed by atoms with Crippen LogP contribution in [-0.4, -0.2) is 15.2 Å². The molecule has 0 bridgehead atoms. The van der Waals surface area contributed by atoms with Crippen LogP contribution in [0.4, 0.5) is 0 Å². The Morgan fingerprint density at radius 3 is 2.67 bits per heavy atom. The first-order valence-electron chi connectivity index (χ1n) is 5.36. The summed E-state index contributed by atoms with van der Waals surface area (Å²) in [4.78, 5) is 4.34. The van der Waals surface area contributed by atoms with Crippen LogP contribution >= 0.6 is 0 Å². The maximum absolute atomic E-state index is 4.37. The van der Waals surface area contributed by atoms with Gasteiger partial charge >= 0.3 is 0 Å². The van der Waals surface area contributed by atoms with Gasteiger partial charge in [0.05, 0.1) is 5.69 Å². The molecule has 0 saturated heterocycles. The molecule has 80 valence electrons. The molecule has 2 rings (SSSR count). The molecule has 0 aromatic carbocycles. The summed E-state index contributed by atoms with van der Waals surface area (Å²) in [5, 5.41) is 8.71. The molecule has 0 unspecified atom stereocenters. The van der Waals surface area contributed by atoms with Gasteiger partial charge in [0.2, 0.25) is 0 Å². The predicted molar refractivity (Wildman–Crippen MR) is 62.0 cm³/mol. The summed E-state index contributed by atoms with van der Waals surface area (Å²) < 4.78 is 0. The lowest BCUT2D eigenvalue weighted by atomic mass is 9.90. The van der Waals surface area contributed by atoms with Gasteiger partial charge in [0.15, 0.2) is 0 Å². The molecule has 1 N–H and O–H groups in total. The number of hydrogen-bond acceptors (Lipinski definition) is 2. The van der Waals surface area contributed by atoms with Crippen LogP contribution in [-0.2, 0) is 11.8 Å². The van der Waals surface area contributed by atoms with E-state index in [2.05, 4.69) is 42.9 Å². The predicted octanol–water partition coefficient (Wildman–Crippen LogP) is 2.82. The molecule has 0 amide bonds. The van der Waals surface area contributed by atoms with E-state index < -0.39 is 0 Å². The van der Waals surface area contributed by atoms with Crippen LogP contribution in [0, 0.1) is 0 Å². The van der Waals surface area contributed by atoms with Crippen LogP contribution in [0.1, 0.15) is 39.1 Å². The van der Waals surface area contributed by atoms with Gasteiger partial charge in [0.1, 0.15) is 5.52 Å². The van der Waals surface area contributed by atoms with Crippen molar-refractivity contribution in [2.45, 2.75) is 39.5 Å². The Morgan fingerprint density at radius 2 is 2.07 bits per heavy atom. The molecule has 0 aliphatic heterocycles. The Labute approximate surface area is 89.9 Å². The van der Waals surface area contributed by atoms with Crippen molar-refractivity contribution in [1.29, 1.82) is 0 Å². The third-order valence-electron chi connectivity index (χ3n) is 2.63. The van der Waals surface area contributed by atoms with E-state index in [-0.39, 0.29) is 5.41 Å². The Hall–Kier alpha value is -1.38. The third kappa shape index (κ3) is 1.62. The van der Waals surface area contributed by atoms with Crippen LogP contribution in [0.5, 0.6) is 0 Å². The molecule has 2 heterocycles. The normalized spacial score (nSPS) is 12.3. The quantitative estimate of drug-likeness (QED) is 0.774. The average molecular weight is 203 g/mol. The summed E-state index contributed by atoms with van der Waals surface area (Å²) in [6, 6.07) is 2.04. The number of aryl methyl sites for hydroxylation is 1. The highest BCUT2D eigenvalue weighted by Crippen LogP contribution is 2.28. The zero-order valence-corrected chi connectivity index (χ0v) is 9.76. The van der Waals surface area contributed by atoms with Gasteiger partial charge in [-0.05, 0) is 12.5 Å². The lowest BCUT2D eigenvalue weighted by molar-refractivity contribution is 0.571.